The monoisotopic (exact) mass is 376 g/mol. The van der Waals surface area contributed by atoms with Gasteiger partial charge in [-0.15, -0.1) is 10.2 Å². The highest BCUT2D eigenvalue weighted by atomic mass is 19.1. The van der Waals surface area contributed by atoms with Gasteiger partial charge in [0.05, 0.1) is 0 Å². The number of halogens is 1. The standard InChI is InChI=1S/C22H21FN4O/c23-19-8-4-3-7-18(19)20-16-5-1-2-6-17(16)21(25-24-20)26-11-13-27(14-12-26)22(28)15-9-10-15/h1-8,15H,9-14H2. The molecule has 28 heavy (non-hydrogen) atoms. The molecule has 2 aromatic carbocycles. The lowest BCUT2D eigenvalue weighted by molar-refractivity contribution is -0.132. The summed E-state index contributed by atoms with van der Waals surface area (Å²) in [5.74, 6) is 1.05. The highest BCUT2D eigenvalue weighted by molar-refractivity contribution is 6.00. The highest BCUT2D eigenvalue weighted by Gasteiger charge is 2.35. The minimum atomic E-state index is -0.304. The van der Waals surface area contributed by atoms with Gasteiger partial charge in [-0.25, -0.2) is 4.39 Å². The molecule has 0 unspecified atom stereocenters. The zero-order valence-corrected chi connectivity index (χ0v) is 15.5. The smallest absolute Gasteiger partial charge is 0.225 e. The second-order valence-corrected chi connectivity index (χ2v) is 7.48. The van der Waals surface area contributed by atoms with Crippen LogP contribution in [0.4, 0.5) is 10.2 Å². The largest absolute Gasteiger partial charge is 0.351 e. The predicted molar refractivity (Wildman–Crippen MR) is 106 cm³/mol. The van der Waals surface area contributed by atoms with E-state index in [1.807, 2.05) is 29.2 Å². The van der Waals surface area contributed by atoms with E-state index in [1.165, 1.54) is 6.07 Å². The van der Waals surface area contributed by atoms with Crippen LogP contribution in [-0.4, -0.2) is 47.2 Å². The number of anilines is 1. The Morgan fingerprint density at radius 1 is 0.893 bits per heavy atom. The van der Waals surface area contributed by atoms with Crippen LogP contribution in [-0.2, 0) is 4.79 Å². The second kappa shape index (κ2) is 6.86. The van der Waals surface area contributed by atoms with Crippen molar-refractivity contribution in [1.82, 2.24) is 15.1 Å². The van der Waals surface area contributed by atoms with Crippen molar-refractivity contribution in [2.45, 2.75) is 12.8 Å². The molecule has 2 heterocycles. The van der Waals surface area contributed by atoms with Gasteiger partial charge in [-0.05, 0) is 25.0 Å². The second-order valence-electron chi connectivity index (χ2n) is 7.48. The van der Waals surface area contributed by atoms with Crippen molar-refractivity contribution in [2.24, 2.45) is 5.92 Å². The van der Waals surface area contributed by atoms with Gasteiger partial charge in [0.15, 0.2) is 5.82 Å². The van der Waals surface area contributed by atoms with Gasteiger partial charge in [0, 0.05) is 48.4 Å². The summed E-state index contributed by atoms with van der Waals surface area (Å²) in [6, 6.07) is 14.5. The third-order valence-electron chi connectivity index (χ3n) is 5.61. The zero-order valence-electron chi connectivity index (χ0n) is 15.5. The Bertz CT molecular complexity index is 1040. The van der Waals surface area contributed by atoms with Crippen LogP contribution in [0.25, 0.3) is 22.0 Å². The minimum Gasteiger partial charge on any atom is -0.351 e. The number of benzene rings is 2. The predicted octanol–water partition coefficient (Wildman–Crippen LogP) is 3.49. The summed E-state index contributed by atoms with van der Waals surface area (Å²) >= 11 is 0. The molecule has 5 nitrogen and oxygen atoms in total. The molecule has 1 aromatic heterocycles. The first kappa shape index (κ1) is 17.1. The molecule has 5 rings (SSSR count). The highest BCUT2D eigenvalue weighted by Crippen LogP contribution is 2.34. The van der Waals surface area contributed by atoms with Gasteiger partial charge >= 0.3 is 0 Å². The lowest BCUT2D eigenvalue weighted by Gasteiger charge is -2.35. The van der Waals surface area contributed by atoms with Crippen LogP contribution < -0.4 is 4.90 Å². The van der Waals surface area contributed by atoms with Crippen molar-refractivity contribution < 1.29 is 9.18 Å². The minimum absolute atomic E-state index is 0.257. The number of hydrogen-bond donors (Lipinski definition) is 0. The SMILES string of the molecule is O=C(C1CC1)N1CCN(c2nnc(-c3ccccc3F)c3ccccc23)CC1. The summed E-state index contributed by atoms with van der Waals surface area (Å²) < 4.78 is 14.3. The molecule has 0 spiro atoms. The van der Waals surface area contributed by atoms with Crippen LogP contribution >= 0.6 is 0 Å². The topological polar surface area (TPSA) is 49.3 Å². The molecule has 1 saturated heterocycles. The van der Waals surface area contributed by atoms with E-state index in [1.54, 1.807) is 18.2 Å². The average molecular weight is 376 g/mol. The van der Waals surface area contributed by atoms with Gasteiger partial charge in [-0.2, -0.15) is 0 Å². The number of rotatable bonds is 3. The van der Waals surface area contributed by atoms with E-state index in [-0.39, 0.29) is 11.7 Å². The Morgan fingerprint density at radius 3 is 2.29 bits per heavy atom. The molecule has 0 bridgehead atoms. The number of carbonyl (C=O) groups excluding carboxylic acids is 1. The Hall–Kier alpha value is -3.02. The van der Waals surface area contributed by atoms with E-state index in [0.29, 0.717) is 30.3 Å². The maximum absolute atomic E-state index is 14.3. The summed E-state index contributed by atoms with van der Waals surface area (Å²) in [5, 5.41) is 10.7. The van der Waals surface area contributed by atoms with Gasteiger partial charge in [-0.1, -0.05) is 36.4 Å². The van der Waals surface area contributed by atoms with Crippen LogP contribution in [0.1, 0.15) is 12.8 Å². The van der Waals surface area contributed by atoms with E-state index in [4.69, 9.17) is 0 Å². The number of nitrogens with zero attached hydrogens (tertiary/aromatic N) is 4. The number of fused-ring (bicyclic) bond motifs is 1. The third kappa shape index (κ3) is 2.99. The summed E-state index contributed by atoms with van der Waals surface area (Å²) in [6.45, 7) is 2.88. The van der Waals surface area contributed by atoms with E-state index < -0.39 is 0 Å². The fourth-order valence-electron chi connectivity index (χ4n) is 3.90. The van der Waals surface area contributed by atoms with E-state index in [0.717, 1.165) is 42.5 Å². The van der Waals surface area contributed by atoms with Gasteiger partial charge < -0.3 is 9.80 Å². The van der Waals surface area contributed by atoms with E-state index >= 15 is 0 Å². The van der Waals surface area contributed by atoms with Crippen molar-refractivity contribution in [3.05, 3.63) is 54.3 Å². The maximum Gasteiger partial charge on any atom is 0.225 e. The van der Waals surface area contributed by atoms with Crippen molar-refractivity contribution in [3.63, 3.8) is 0 Å². The molecule has 1 saturated carbocycles. The maximum atomic E-state index is 14.3. The number of piperazine rings is 1. The van der Waals surface area contributed by atoms with Crippen LogP contribution in [0.2, 0.25) is 0 Å². The molecule has 2 fully saturated rings. The quantitative estimate of drug-likeness (QED) is 0.702. The molecule has 142 valence electrons. The summed E-state index contributed by atoms with van der Waals surface area (Å²) in [5.41, 5.74) is 1.01. The van der Waals surface area contributed by atoms with Crippen LogP contribution in [0.5, 0.6) is 0 Å². The van der Waals surface area contributed by atoms with Crippen molar-refractivity contribution in [3.8, 4) is 11.3 Å². The van der Waals surface area contributed by atoms with Crippen LogP contribution in [0.15, 0.2) is 48.5 Å². The third-order valence-corrected chi connectivity index (χ3v) is 5.61. The fraction of sp³-hybridized carbons (Fsp3) is 0.318. The molecule has 3 aromatic rings. The van der Waals surface area contributed by atoms with Crippen LogP contribution in [0.3, 0.4) is 0 Å². The van der Waals surface area contributed by atoms with Crippen molar-refractivity contribution in [2.75, 3.05) is 31.1 Å². The van der Waals surface area contributed by atoms with Gasteiger partial charge in [0.1, 0.15) is 11.5 Å². The molecule has 0 atom stereocenters. The number of amides is 1. The number of hydrogen-bond acceptors (Lipinski definition) is 4. The summed E-state index contributed by atoms with van der Waals surface area (Å²) in [6.07, 6.45) is 2.07. The first-order valence-corrected chi connectivity index (χ1v) is 9.76. The molecule has 6 heteroatoms. The lowest BCUT2D eigenvalue weighted by Crippen LogP contribution is -2.49. The molecule has 1 aliphatic carbocycles. The lowest BCUT2D eigenvalue weighted by atomic mass is 10.0. The van der Waals surface area contributed by atoms with Crippen LogP contribution in [0, 0.1) is 11.7 Å². The van der Waals surface area contributed by atoms with Gasteiger partial charge in [-0.3, -0.25) is 4.79 Å². The summed E-state index contributed by atoms with van der Waals surface area (Å²) in [7, 11) is 0. The Labute approximate surface area is 162 Å². The fourth-order valence-corrected chi connectivity index (χ4v) is 3.90. The number of carbonyl (C=O) groups is 1. The average Bonchev–Trinajstić information content (AvgIpc) is 3.59. The molecular formula is C22H21FN4O. The molecule has 0 radical (unpaired) electrons. The molecule has 0 N–H and O–H groups in total. The summed E-state index contributed by atoms with van der Waals surface area (Å²) in [4.78, 5) is 16.4. The van der Waals surface area contributed by atoms with E-state index in [9.17, 15) is 9.18 Å². The van der Waals surface area contributed by atoms with Crippen molar-refractivity contribution in [1.29, 1.82) is 0 Å². The molecule has 2 aliphatic rings. The molecular weight excluding hydrogens is 355 g/mol. The zero-order chi connectivity index (χ0) is 19.1. The first-order chi connectivity index (χ1) is 13.7. The van der Waals surface area contributed by atoms with Gasteiger partial charge in [0.2, 0.25) is 5.91 Å². The first-order valence-electron chi connectivity index (χ1n) is 9.76. The molecule has 1 aliphatic heterocycles. The van der Waals surface area contributed by atoms with Crippen molar-refractivity contribution >= 4 is 22.5 Å². The number of aromatic nitrogens is 2. The Kier molecular flexibility index (Phi) is 4.19. The Morgan fingerprint density at radius 2 is 1.57 bits per heavy atom. The van der Waals surface area contributed by atoms with E-state index in [2.05, 4.69) is 15.1 Å². The Balaban J connectivity index is 1.47. The molecule has 1 amide bonds. The van der Waals surface area contributed by atoms with Gasteiger partial charge in [0.25, 0.3) is 0 Å². The normalized spacial score (nSPS) is 17.2.